The summed E-state index contributed by atoms with van der Waals surface area (Å²) in [5.41, 5.74) is 0.595. The molecule has 0 aromatic heterocycles. The van der Waals surface area contributed by atoms with Crippen LogP contribution < -0.4 is 16.0 Å². The zero-order valence-electron chi connectivity index (χ0n) is 14.8. The lowest BCUT2D eigenvalue weighted by molar-refractivity contribution is -0.122. The van der Waals surface area contributed by atoms with Crippen LogP contribution in [0.2, 0.25) is 5.02 Å². The van der Waals surface area contributed by atoms with Crippen LogP contribution in [-0.2, 0) is 4.79 Å². The Morgan fingerprint density at radius 1 is 1.32 bits per heavy atom. The maximum Gasteiger partial charge on any atom is 0.321 e. The summed E-state index contributed by atoms with van der Waals surface area (Å²) in [7, 11) is 0. The number of hydrogen-bond acceptors (Lipinski definition) is 4. The van der Waals surface area contributed by atoms with E-state index in [1.165, 1.54) is 0 Å². The molecule has 1 aromatic carbocycles. The number of carbonyl (C=O) groups is 2. The number of imide groups is 1. The highest BCUT2D eigenvalue weighted by Crippen LogP contribution is 2.28. The van der Waals surface area contributed by atoms with Gasteiger partial charge in [0, 0.05) is 36.2 Å². The number of nitrogens with one attached hydrogen (secondary N) is 3. The van der Waals surface area contributed by atoms with Crippen molar-refractivity contribution in [3.05, 3.63) is 34.9 Å². The molecule has 1 unspecified atom stereocenters. The number of rotatable bonds is 3. The highest BCUT2D eigenvalue weighted by atomic mass is 35.5. The molecule has 6 nitrogen and oxygen atoms in total. The van der Waals surface area contributed by atoms with Crippen LogP contribution >= 0.6 is 24.0 Å². The lowest BCUT2D eigenvalue weighted by Crippen LogP contribution is -2.53. The van der Waals surface area contributed by atoms with Crippen LogP contribution in [0.3, 0.4) is 0 Å². The van der Waals surface area contributed by atoms with Crippen molar-refractivity contribution < 1.29 is 9.59 Å². The highest BCUT2D eigenvalue weighted by Gasteiger charge is 2.27. The van der Waals surface area contributed by atoms with Crippen molar-refractivity contribution in [1.29, 1.82) is 0 Å². The van der Waals surface area contributed by atoms with Crippen molar-refractivity contribution in [3.63, 3.8) is 0 Å². The lowest BCUT2D eigenvalue weighted by atomic mass is 10.0. The third kappa shape index (κ3) is 6.82. The average Bonchev–Trinajstić information content (AvgIpc) is 2.46. The molecule has 0 radical (unpaired) electrons. The van der Waals surface area contributed by atoms with Crippen molar-refractivity contribution in [2.24, 2.45) is 0 Å². The smallest absolute Gasteiger partial charge is 0.321 e. The molecule has 1 aliphatic heterocycles. The van der Waals surface area contributed by atoms with Gasteiger partial charge >= 0.3 is 6.03 Å². The van der Waals surface area contributed by atoms with Gasteiger partial charge in [-0.3, -0.25) is 15.0 Å². The Kier molecular flexibility index (Phi) is 8.15. The molecule has 1 saturated heterocycles. The zero-order valence-corrected chi connectivity index (χ0v) is 16.3. The predicted molar refractivity (Wildman–Crippen MR) is 102 cm³/mol. The molecular weight excluding hydrogens is 363 g/mol. The number of benzene rings is 1. The van der Waals surface area contributed by atoms with E-state index >= 15 is 0 Å². The van der Waals surface area contributed by atoms with Crippen LogP contribution in [0.5, 0.6) is 0 Å². The van der Waals surface area contributed by atoms with Crippen LogP contribution in [0, 0.1) is 0 Å². The lowest BCUT2D eigenvalue weighted by Gasteiger charge is -2.36. The molecule has 0 saturated carbocycles. The molecule has 1 aromatic rings. The molecule has 1 fully saturated rings. The standard InChI is InChI=1S/C17H25ClN4O2.ClH/c1-17(2,3)21-16(24)20-15(23)11-22-9-8-19-10-14(22)12-6-4-5-7-13(12)18;/h4-7,14,19H,8-11H2,1-3H3,(H2,20,21,23,24);1H. The third-order valence-corrected chi connectivity index (χ3v) is 4.05. The van der Waals surface area contributed by atoms with Gasteiger partial charge in [0.15, 0.2) is 0 Å². The second kappa shape index (κ2) is 9.38. The molecule has 2 rings (SSSR count). The van der Waals surface area contributed by atoms with Crippen molar-refractivity contribution in [1.82, 2.24) is 20.9 Å². The molecule has 0 bridgehead atoms. The Bertz CT molecular complexity index is 605. The Balaban J connectivity index is 0.00000312. The topological polar surface area (TPSA) is 73.5 Å². The fraction of sp³-hybridized carbons (Fsp3) is 0.529. The van der Waals surface area contributed by atoms with E-state index in [0.717, 1.165) is 12.1 Å². The zero-order chi connectivity index (χ0) is 17.7. The summed E-state index contributed by atoms with van der Waals surface area (Å²) in [5, 5.41) is 9.11. The normalized spacial score (nSPS) is 18.2. The summed E-state index contributed by atoms with van der Waals surface area (Å²) in [6.07, 6.45) is 0. The minimum absolute atomic E-state index is 0. The van der Waals surface area contributed by atoms with Gasteiger partial charge in [0.2, 0.25) is 5.91 Å². The Labute approximate surface area is 160 Å². The summed E-state index contributed by atoms with van der Waals surface area (Å²) in [5.74, 6) is -0.323. The second-order valence-electron chi connectivity index (χ2n) is 6.96. The summed E-state index contributed by atoms with van der Waals surface area (Å²) in [4.78, 5) is 26.1. The van der Waals surface area contributed by atoms with Crippen LogP contribution in [0.1, 0.15) is 32.4 Å². The van der Waals surface area contributed by atoms with Gasteiger partial charge in [-0.1, -0.05) is 29.8 Å². The first-order valence-electron chi connectivity index (χ1n) is 8.07. The van der Waals surface area contributed by atoms with E-state index in [9.17, 15) is 9.59 Å². The Morgan fingerprint density at radius 2 is 2.00 bits per heavy atom. The molecule has 25 heavy (non-hydrogen) atoms. The second-order valence-corrected chi connectivity index (χ2v) is 7.37. The largest absolute Gasteiger partial charge is 0.333 e. The van der Waals surface area contributed by atoms with Gasteiger partial charge in [-0.05, 0) is 32.4 Å². The van der Waals surface area contributed by atoms with Crippen molar-refractivity contribution in [2.45, 2.75) is 32.4 Å². The van der Waals surface area contributed by atoms with Crippen LogP contribution in [0.25, 0.3) is 0 Å². The SMILES string of the molecule is CC(C)(C)NC(=O)NC(=O)CN1CCNCC1c1ccccc1Cl.Cl. The summed E-state index contributed by atoms with van der Waals surface area (Å²) < 4.78 is 0. The first-order valence-corrected chi connectivity index (χ1v) is 8.45. The van der Waals surface area contributed by atoms with Gasteiger partial charge in [-0.2, -0.15) is 0 Å². The Hall–Kier alpha value is -1.34. The number of hydrogen-bond donors (Lipinski definition) is 3. The molecule has 1 atom stereocenters. The van der Waals surface area contributed by atoms with Gasteiger partial charge in [0.05, 0.1) is 6.54 Å². The number of urea groups is 1. The van der Waals surface area contributed by atoms with E-state index in [1.807, 2.05) is 49.9 Å². The number of nitrogens with zero attached hydrogens (tertiary/aromatic N) is 1. The van der Waals surface area contributed by atoms with Crippen molar-refractivity contribution in [2.75, 3.05) is 26.2 Å². The van der Waals surface area contributed by atoms with Crippen LogP contribution in [0.15, 0.2) is 24.3 Å². The van der Waals surface area contributed by atoms with E-state index in [4.69, 9.17) is 11.6 Å². The number of amides is 3. The van der Waals surface area contributed by atoms with E-state index in [2.05, 4.69) is 16.0 Å². The maximum absolute atomic E-state index is 12.2. The van der Waals surface area contributed by atoms with E-state index in [0.29, 0.717) is 18.1 Å². The van der Waals surface area contributed by atoms with Crippen LogP contribution in [-0.4, -0.2) is 48.6 Å². The third-order valence-electron chi connectivity index (χ3n) is 3.71. The van der Waals surface area contributed by atoms with Gasteiger partial charge in [-0.25, -0.2) is 4.79 Å². The first-order chi connectivity index (χ1) is 11.3. The molecular formula is C17H26Cl2N4O2. The summed E-state index contributed by atoms with van der Waals surface area (Å²) in [6, 6.07) is 7.17. The van der Waals surface area contributed by atoms with Crippen LogP contribution in [0.4, 0.5) is 4.79 Å². The predicted octanol–water partition coefficient (Wildman–Crippen LogP) is 2.33. The van der Waals surface area contributed by atoms with Crippen molar-refractivity contribution >= 4 is 35.9 Å². The molecule has 3 N–H and O–H groups in total. The minimum atomic E-state index is -0.475. The minimum Gasteiger partial charge on any atom is -0.333 e. The van der Waals surface area contributed by atoms with E-state index in [-0.39, 0.29) is 36.4 Å². The van der Waals surface area contributed by atoms with Gasteiger partial charge in [0.1, 0.15) is 0 Å². The van der Waals surface area contributed by atoms with E-state index in [1.54, 1.807) is 0 Å². The summed E-state index contributed by atoms with van der Waals surface area (Å²) in [6.45, 7) is 7.95. The van der Waals surface area contributed by atoms with Crippen molar-refractivity contribution in [3.8, 4) is 0 Å². The molecule has 8 heteroatoms. The monoisotopic (exact) mass is 388 g/mol. The van der Waals surface area contributed by atoms with Gasteiger partial charge in [-0.15, -0.1) is 12.4 Å². The molecule has 0 spiro atoms. The van der Waals surface area contributed by atoms with Gasteiger partial charge < -0.3 is 10.6 Å². The molecule has 140 valence electrons. The maximum atomic E-state index is 12.2. The van der Waals surface area contributed by atoms with E-state index < -0.39 is 6.03 Å². The number of halogens is 2. The first kappa shape index (κ1) is 21.7. The molecule has 1 heterocycles. The highest BCUT2D eigenvalue weighted by molar-refractivity contribution is 6.31. The molecule has 3 amide bonds. The number of piperazine rings is 1. The number of carbonyl (C=O) groups excluding carboxylic acids is 2. The fourth-order valence-electron chi connectivity index (χ4n) is 2.71. The molecule has 1 aliphatic rings. The fourth-order valence-corrected chi connectivity index (χ4v) is 2.97. The molecule has 0 aliphatic carbocycles. The average molecular weight is 389 g/mol. The summed E-state index contributed by atoms with van der Waals surface area (Å²) >= 11 is 6.30. The Morgan fingerprint density at radius 3 is 2.64 bits per heavy atom. The van der Waals surface area contributed by atoms with Gasteiger partial charge in [0.25, 0.3) is 0 Å². The quantitative estimate of drug-likeness (QED) is 0.742.